The number of halogens is 2. The summed E-state index contributed by atoms with van der Waals surface area (Å²) < 4.78 is 7.72. The van der Waals surface area contributed by atoms with Crippen LogP contribution in [0.3, 0.4) is 0 Å². The molecule has 1 aliphatic heterocycles. The molecular weight excluding hydrogens is 418 g/mol. The van der Waals surface area contributed by atoms with Crippen molar-refractivity contribution in [1.82, 2.24) is 4.90 Å². The van der Waals surface area contributed by atoms with Crippen LogP contribution in [0.15, 0.2) is 27.1 Å². The number of nitrogens with zero attached hydrogens (tertiary/aromatic N) is 1. The second-order valence-corrected chi connectivity index (χ2v) is 8.21. The molecular formula is C19H23Br2NO. The van der Waals surface area contributed by atoms with Gasteiger partial charge in [-0.25, -0.2) is 0 Å². The molecule has 1 saturated heterocycles. The van der Waals surface area contributed by atoms with Gasteiger partial charge in [0.05, 0.1) is 11.0 Å². The molecule has 23 heavy (non-hydrogen) atoms. The SMILES string of the molecule is Brc1ccc(OCC#CCN2CCCC3CCCCC32)c(Br)c1. The van der Waals surface area contributed by atoms with Gasteiger partial charge in [0.1, 0.15) is 12.4 Å². The number of hydrogen-bond donors (Lipinski definition) is 0. The lowest BCUT2D eigenvalue weighted by molar-refractivity contribution is 0.0728. The number of hydrogen-bond acceptors (Lipinski definition) is 2. The van der Waals surface area contributed by atoms with E-state index in [-0.39, 0.29) is 0 Å². The minimum Gasteiger partial charge on any atom is -0.480 e. The number of ether oxygens (including phenoxy) is 1. The zero-order valence-corrected chi connectivity index (χ0v) is 16.5. The predicted molar refractivity (Wildman–Crippen MR) is 102 cm³/mol. The summed E-state index contributed by atoms with van der Waals surface area (Å²) in [4.78, 5) is 2.61. The number of fused-ring (bicyclic) bond motifs is 1. The fourth-order valence-electron chi connectivity index (χ4n) is 3.84. The maximum atomic E-state index is 5.73. The number of likely N-dealkylation sites (tertiary alicyclic amines) is 1. The molecule has 1 aliphatic carbocycles. The van der Waals surface area contributed by atoms with E-state index in [0.29, 0.717) is 6.61 Å². The summed E-state index contributed by atoms with van der Waals surface area (Å²) in [7, 11) is 0. The molecule has 2 fully saturated rings. The number of rotatable bonds is 3. The summed E-state index contributed by atoms with van der Waals surface area (Å²) >= 11 is 6.95. The van der Waals surface area contributed by atoms with Gasteiger partial charge in [0, 0.05) is 10.5 Å². The lowest BCUT2D eigenvalue weighted by Crippen LogP contribution is -2.46. The van der Waals surface area contributed by atoms with Crippen molar-refractivity contribution in [3.63, 3.8) is 0 Å². The van der Waals surface area contributed by atoms with E-state index >= 15 is 0 Å². The highest BCUT2D eigenvalue weighted by Crippen LogP contribution is 2.34. The first-order chi connectivity index (χ1) is 11.2. The van der Waals surface area contributed by atoms with Gasteiger partial charge in [-0.1, -0.05) is 40.6 Å². The van der Waals surface area contributed by atoms with Crippen molar-refractivity contribution in [3.05, 3.63) is 27.1 Å². The van der Waals surface area contributed by atoms with Crippen LogP contribution in [-0.2, 0) is 0 Å². The van der Waals surface area contributed by atoms with Crippen LogP contribution in [0, 0.1) is 17.8 Å². The van der Waals surface area contributed by atoms with Crippen molar-refractivity contribution in [2.75, 3.05) is 19.7 Å². The van der Waals surface area contributed by atoms with Crippen LogP contribution in [-0.4, -0.2) is 30.6 Å². The van der Waals surface area contributed by atoms with Gasteiger partial charge in [0.15, 0.2) is 0 Å². The van der Waals surface area contributed by atoms with Crippen LogP contribution in [0.25, 0.3) is 0 Å². The van der Waals surface area contributed by atoms with Gasteiger partial charge in [0.2, 0.25) is 0 Å². The predicted octanol–water partition coefficient (Wildman–Crippen LogP) is 5.25. The van der Waals surface area contributed by atoms with Crippen molar-refractivity contribution in [3.8, 4) is 17.6 Å². The van der Waals surface area contributed by atoms with Gasteiger partial charge >= 0.3 is 0 Å². The summed E-state index contributed by atoms with van der Waals surface area (Å²) in [6, 6.07) is 6.70. The first-order valence-corrected chi connectivity index (χ1v) is 10.1. The summed E-state index contributed by atoms with van der Waals surface area (Å²) in [6.45, 7) is 2.56. The topological polar surface area (TPSA) is 12.5 Å². The van der Waals surface area contributed by atoms with Crippen LogP contribution in [0.4, 0.5) is 0 Å². The molecule has 4 heteroatoms. The molecule has 0 amide bonds. The molecule has 0 radical (unpaired) electrons. The highest BCUT2D eigenvalue weighted by atomic mass is 79.9. The molecule has 2 nitrogen and oxygen atoms in total. The van der Waals surface area contributed by atoms with E-state index in [1.54, 1.807) is 0 Å². The molecule has 0 bridgehead atoms. The van der Waals surface area contributed by atoms with Crippen molar-refractivity contribution in [1.29, 1.82) is 0 Å². The summed E-state index contributed by atoms with van der Waals surface area (Å²) in [5.74, 6) is 8.25. The number of piperidine rings is 1. The van der Waals surface area contributed by atoms with E-state index in [4.69, 9.17) is 4.74 Å². The van der Waals surface area contributed by atoms with E-state index < -0.39 is 0 Å². The van der Waals surface area contributed by atoms with Gasteiger partial charge in [-0.2, -0.15) is 0 Å². The van der Waals surface area contributed by atoms with Crippen LogP contribution in [0.5, 0.6) is 5.75 Å². The molecule has 1 aromatic carbocycles. The third kappa shape index (κ3) is 4.75. The lowest BCUT2D eigenvalue weighted by atomic mass is 9.78. The first-order valence-electron chi connectivity index (χ1n) is 8.51. The van der Waals surface area contributed by atoms with Crippen LogP contribution in [0.2, 0.25) is 0 Å². The van der Waals surface area contributed by atoms with E-state index in [1.165, 1.54) is 45.1 Å². The minimum absolute atomic E-state index is 0.447. The Bertz CT molecular complexity index is 591. The van der Waals surface area contributed by atoms with Gasteiger partial charge in [-0.15, -0.1) is 0 Å². The molecule has 0 spiro atoms. The van der Waals surface area contributed by atoms with Crippen molar-refractivity contribution < 1.29 is 4.74 Å². The minimum atomic E-state index is 0.447. The zero-order valence-electron chi connectivity index (χ0n) is 13.4. The molecule has 2 aliphatic rings. The van der Waals surface area contributed by atoms with E-state index in [0.717, 1.165) is 33.2 Å². The fraction of sp³-hybridized carbons (Fsp3) is 0.579. The first kappa shape index (κ1) is 17.3. The van der Waals surface area contributed by atoms with Gasteiger partial charge < -0.3 is 4.74 Å². The zero-order chi connectivity index (χ0) is 16.1. The highest BCUT2D eigenvalue weighted by Gasteiger charge is 2.32. The summed E-state index contributed by atoms with van der Waals surface area (Å²) in [6.07, 6.45) is 8.38. The Morgan fingerprint density at radius 2 is 1.91 bits per heavy atom. The molecule has 1 heterocycles. The second-order valence-electron chi connectivity index (χ2n) is 6.44. The van der Waals surface area contributed by atoms with Gasteiger partial charge in [-0.05, 0) is 72.3 Å². The molecule has 1 aromatic rings. The molecule has 0 aromatic heterocycles. The van der Waals surface area contributed by atoms with Crippen molar-refractivity contribution >= 4 is 31.9 Å². The van der Waals surface area contributed by atoms with Crippen LogP contribution < -0.4 is 4.74 Å². The van der Waals surface area contributed by atoms with E-state index in [2.05, 4.69) is 48.6 Å². The Hall–Kier alpha value is -0.500. The van der Waals surface area contributed by atoms with E-state index in [1.807, 2.05) is 18.2 Å². The van der Waals surface area contributed by atoms with Crippen molar-refractivity contribution in [2.24, 2.45) is 5.92 Å². The number of benzene rings is 1. The largest absolute Gasteiger partial charge is 0.480 e. The standard InChI is InChI=1S/C19H23Br2NO/c20-16-9-10-19(17(21)14-16)23-13-4-3-11-22-12-5-7-15-6-1-2-8-18(15)22/h9-10,14-15,18H,1-2,5-8,11-13H2. The molecule has 2 unspecified atom stereocenters. The molecule has 124 valence electrons. The van der Waals surface area contributed by atoms with Gasteiger partial charge in [0.25, 0.3) is 0 Å². The molecule has 1 saturated carbocycles. The highest BCUT2D eigenvalue weighted by molar-refractivity contribution is 9.11. The van der Waals surface area contributed by atoms with Gasteiger partial charge in [-0.3, -0.25) is 4.90 Å². The Kier molecular flexibility index (Phi) is 6.44. The lowest BCUT2D eigenvalue weighted by Gasteiger charge is -2.43. The summed E-state index contributed by atoms with van der Waals surface area (Å²) in [5.41, 5.74) is 0. The Balaban J connectivity index is 1.48. The molecule has 2 atom stereocenters. The maximum Gasteiger partial charge on any atom is 0.149 e. The second kappa shape index (κ2) is 8.55. The van der Waals surface area contributed by atoms with E-state index in [9.17, 15) is 0 Å². The maximum absolute atomic E-state index is 5.73. The monoisotopic (exact) mass is 439 g/mol. The Morgan fingerprint density at radius 3 is 2.78 bits per heavy atom. The third-order valence-corrected chi connectivity index (χ3v) is 6.07. The van der Waals surface area contributed by atoms with Crippen LogP contribution in [0.1, 0.15) is 38.5 Å². The van der Waals surface area contributed by atoms with Crippen molar-refractivity contribution in [2.45, 2.75) is 44.6 Å². The smallest absolute Gasteiger partial charge is 0.149 e. The average Bonchev–Trinajstić information content (AvgIpc) is 2.56. The van der Waals surface area contributed by atoms with Crippen LogP contribution >= 0.6 is 31.9 Å². The molecule has 0 N–H and O–H groups in total. The molecule has 3 rings (SSSR count). The Labute approximate surface area is 156 Å². The quantitative estimate of drug-likeness (QED) is 0.595. The Morgan fingerprint density at radius 1 is 1.09 bits per heavy atom. The summed E-state index contributed by atoms with van der Waals surface area (Å²) in [5, 5.41) is 0. The fourth-order valence-corrected chi connectivity index (χ4v) is 5.00. The third-order valence-electron chi connectivity index (χ3n) is 4.96. The normalized spacial score (nSPS) is 24.4. The average molecular weight is 441 g/mol.